The van der Waals surface area contributed by atoms with Crippen LogP contribution in [0.1, 0.15) is 22.3 Å². The maximum absolute atomic E-state index is 5.22. The Labute approximate surface area is 165 Å². The lowest BCUT2D eigenvalue weighted by Gasteiger charge is -2.13. The van der Waals surface area contributed by atoms with Crippen LogP contribution in [-0.2, 0) is 7.05 Å². The molecule has 0 N–H and O–H groups in total. The van der Waals surface area contributed by atoms with Crippen molar-refractivity contribution in [2.75, 3.05) is 0 Å². The molecule has 0 unspecified atom stereocenters. The molecule has 0 bridgehead atoms. The molecule has 1 heterocycles. The number of nitrogens with zero attached hydrogens (tertiary/aromatic N) is 2. The molecule has 0 spiro atoms. The molecule has 0 radical (unpaired) electrons. The smallest absolute Gasteiger partial charge is 0.141 e. The topological polar surface area (TPSA) is 17.8 Å². The second-order valence-corrected chi connectivity index (χ2v) is 7.95. The number of aromatic nitrogens is 2. The van der Waals surface area contributed by atoms with Gasteiger partial charge in [-0.25, -0.2) is 4.98 Å². The van der Waals surface area contributed by atoms with E-state index in [1.165, 1.54) is 54.9 Å². The lowest BCUT2D eigenvalue weighted by Crippen LogP contribution is -1.97. The molecule has 0 aliphatic rings. The van der Waals surface area contributed by atoms with Gasteiger partial charge in [-0.3, -0.25) is 0 Å². The van der Waals surface area contributed by atoms with Crippen LogP contribution in [0.2, 0.25) is 0 Å². The molecule has 0 saturated carbocycles. The lowest BCUT2D eigenvalue weighted by molar-refractivity contribution is 0.958. The summed E-state index contributed by atoms with van der Waals surface area (Å²) in [5.74, 6) is 1.05. The van der Waals surface area contributed by atoms with E-state index in [0.29, 0.717) is 0 Å². The van der Waals surface area contributed by atoms with Crippen molar-refractivity contribution in [3.8, 4) is 11.4 Å². The quantitative estimate of drug-likeness (QED) is 0.300. The minimum atomic E-state index is 1.05. The van der Waals surface area contributed by atoms with Gasteiger partial charge in [0.05, 0.1) is 11.0 Å². The predicted octanol–water partition coefficient (Wildman–Crippen LogP) is 6.78. The van der Waals surface area contributed by atoms with Crippen LogP contribution in [0.3, 0.4) is 0 Å². The first-order valence-corrected chi connectivity index (χ1v) is 9.82. The van der Waals surface area contributed by atoms with Crippen LogP contribution in [0.5, 0.6) is 0 Å². The summed E-state index contributed by atoms with van der Waals surface area (Å²) in [5.41, 5.74) is 8.70. The van der Waals surface area contributed by atoms with Crippen LogP contribution in [-0.4, -0.2) is 9.55 Å². The fraction of sp³-hybridized carbons (Fsp3) is 0.192. The van der Waals surface area contributed by atoms with E-state index in [-0.39, 0.29) is 0 Å². The zero-order valence-electron chi connectivity index (χ0n) is 17.1. The Morgan fingerprint density at radius 1 is 0.643 bits per heavy atom. The first kappa shape index (κ1) is 17.0. The summed E-state index contributed by atoms with van der Waals surface area (Å²) in [6.07, 6.45) is 0. The number of imidazole rings is 1. The predicted molar refractivity (Wildman–Crippen MR) is 120 cm³/mol. The average Bonchev–Trinajstić information content (AvgIpc) is 3.01. The van der Waals surface area contributed by atoms with Gasteiger partial charge in [0.1, 0.15) is 5.82 Å². The van der Waals surface area contributed by atoms with Gasteiger partial charge in [-0.05, 0) is 60.7 Å². The number of aryl methyl sites for hydroxylation is 5. The van der Waals surface area contributed by atoms with Crippen LogP contribution < -0.4 is 0 Å². The highest BCUT2D eigenvalue weighted by Gasteiger charge is 2.20. The van der Waals surface area contributed by atoms with E-state index in [1.807, 2.05) is 0 Å². The monoisotopic (exact) mass is 364 g/mol. The largest absolute Gasteiger partial charge is 0.327 e. The molecular formula is C26H24N2. The molecule has 0 amide bonds. The Bertz CT molecular complexity index is 1380. The summed E-state index contributed by atoms with van der Waals surface area (Å²) < 4.78 is 2.30. The van der Waals surface area contributed by atoms with Gasteiger partial charge in [-0.2, -0.15) is 0 Å². The normalized spacial score (nSPS) is 11.8. The van der Waals surface area contributed by atoms with Gasteiger partial charge in [0, 0.05) is 23.4 Å². The fourth-order valence-electron chi connectivity index (χ4n) is 4.73. The van der Waals surface area contributed by atoms with Crippen molar-refractivity contribution in [2.24, 2.45) is 7.05 Å². The van der Waals surface area contributed by atoms with Crippen molar-refractivity contribution in [2.45, 2.75) is 27.7 Å². The van der Waals surface area contributed by atoms with E-state index >= 15 is 0 Å². The third-order valence-electron chi connectivity index (χ3n) is 6.11. The lowest BCUT2D eigenvalue weighted by atomic mass is 9.94. The number of hydrogen-bond donors (Lipinski definition) is 0. The van der Waals surface area contributed by atoms with Crippen molar-refractivity contribution in [1.82, 2.24) is 9.55 Å². The Morgan fingerprint density at radius 2 is 1.25 bits per heavy atom. The summed E-state index contributed by atoms with van der Waals surface area (Å²) in [6.45, 7) is 8.77. The molecule has 2 heteroatoms. The molecule has 1 aromatic heterocycles. The summed E-state index contributed by atoms with van der Waals surface area (Å²) in [4.78, 5) is 5.22. The van der Waals surface area contributed by atoms with Gasteiger partial charge >= 0.3 is 0 Å². The van der Waals surface area contributed by atoms with Gasteiger partial charge in [-0.15, -0.1) is 0 Å². The van der Waals surface area contributed by atoms with E-state index in [1.54, 1.807) is 0 Å². The van der Waals surface area contributed by atoms with E-state index in [9.17, 15) is 0 Å². The van der Waals surface area contributed by atoms with Crippen molar-refractivity contribution in [3.63, 3.8) is 0 Å². The third kappa shape index (κ3) is 2.18. The summed E-state index contributed by atoms with van der Waals surface area (Å²) in [6, 6.07) is 19.6. The number of rotatable bonds is 1. The highest BCUT2D eigenvalue weighted by atomic mass is 15.1. The van der Waals surface area contributed by atoms with Crippen LogP contribution in [0.4, 0.5) is 0 Å². The first-order valence-electron chi connectivity index (χ1n) is 9.82. The van der Waals surface area contributed by atoms with Crippen molar-refractivity contribution in [1.29, 1.82) is 0 Å². The molecule has 2 nitrogen and oxygen atoms in total. The average molecular weight is 364 g/mol. The van der Waals surface area contributed by atoms with Gasteiger partial charge in [-0.1, -0.05) is 54.6 Å². The van der Waals surface area contributed by atoms with Crippen molar-refractivity contribution >= 4 is 32.6 Å². The Balaban J connectivity index is 2.09. The molecule has 4 aromatic carbocycles. The maximum atomic E-state index is 5.22. The van der Waals surface area contributed by atoms with E-state index in [2.05, 4.69) is 93.9 Å². The molecule has 0 aliphatic carbocycles. The minimum absolute atomic E-state index is 1.05. The van der Waals surface area contributed by atoms with Gasteiger partial charge in [0.25, 0.3) is 0 Å². The zero-order chi connectivity index (χ0) is 19.6. The molecule has 0 fully saturated rings. The van der Waals surface area contributed by atoms with Gasteiger partial charge in [0.15, 0.2) is 0 Å². The SMILES string of the molecule is Cc1cccc(C)c1-c1nc2c3ccccc3c3c(C)ccc(C)c3c2n1C. The number of hydrogen-bond acceptors (Lipinski definition) is 1. The second-order valence-electron chi connectivity index (χ2n) is 7.95. The van der Waals surface area contributed by atoms with Crippen LogP contribution in [0.15, 0.2) is 54.6 Å². The molecule has 0 aliphatic heterocycles. The van der Waals surface area contributed by atoms with E-state index in [0.717, 1.165) is 11.3 Å². The van der Waals surface area contributed by atoms with Gasteiger partial charge in [0.2, 0.25) is 0 Å². The molecular weight excluding hydrogens is 340 g/mol. The summed E-state index contributed by atoms with van der Waals surface area (Å²) in [7, 11) is 2.16. The molecule has 28 heavy (non-hydrogen) atoms. The minimum Gasteiger partial charge on any atom is -0.327 e. The summed E-state index contributed by atoms with van der Waals surface area (Å²) in [5, 5.41) is 5.18. The number of fused-ring (bicyclic) bond motifs is 6. The van der Waals surface area contributed by atoms with E-state index in [4.69, 9.17) is 4.98 Å². The highest BCUT2D eigenvalue weighted by molar-refractivity contribution is 6.25. The van der Waals surface area contributed by atoms with Crippen LogP contribution in [0.25, 0.3) is 44.0 Å². The molecule has 0 saturated heterocycles. The standard InChI is InChI=1S/C26H24N2/c1-15-9-8-10-16(2)21(15)26-27-24-20-12-7-6-11-19(20)22-17(3)13-14-18(4)23(22)25(24)28(26)5/h6-14H,1-5H3. The van der Waals surface area contributed by atoms with Crippen LogP contribution in [0, 0.1) is 27.7 Å². The first-order chi connectivity index (χ1) is 13.5. The van der Waals surface area contributed by atoms with Crippen molar-refractivity contribution in [3.05, 3.63) is 76.9 Å². The Morgan fingerprint density at radius 3 is 1.93 bits per heavy atom. The Kier molecular flexibility index (Phi) is 3.60. The zero-order valence-corrected chi connectivity index (χ0v) is 17.1. The molecule has 138 valence electrons. The van der Waals surface area contributed by atoms with Gasteiger partial charge < -0.3 is 4.57 Å². The summed E-state index contributed by atoms with van der Waals surface area (Å²) >= 11 is 0. The highest BCUT2D eigenvalue weighted by Crippen LogP contribution is 2.40. The Hall–Kier alpha value is -3.13. The van der Waals surface area contributed by atoms with Crippen LogP contribution >= 0.6 is 0 Å². The second kappa shape index (κ2) is 5.93. The maximum Gasteiger partial charge on any atom is 0.141 e. The third-order valence-corrected chi connectivity index (χ3v) is 6.11. The molecule has 0 atom stereocenters. The molecule has 5 rings (SSSR count). The number of benzene rings is 4. The molecule has 5 aromatic rings. The van der Waals surface area contributed by atoms with E-state index < -0.39 is 0 Å². The van der Waals surface area contributed by atoms with Crippen molar-refractivity contribution < 1.29 is 0 Å². The fourth-order valence-corrected chi connectivity index (χ4v) is 4.73.